The van der Waals surface area contributed by atoms with Crippen LogP contribution >= 0.6 is 15.6 Å². The van der Waals surface area contributed by atoms with Crippen LogP contribution in [0, 0.1) is 11.8 Å². The number of phosphoric ester groups is 2. The number of aliphatic hydroxyl groups is 1. The molecule has 0 bridgehead atoms. The topological polar surface area (TPSA) is 237 Å². The molecule has 0 amide bonds. The maximum Gasteiger partial charge on any atom is 0.472 e. The second-order valence-electron chi connectivity index (χ2n) is 29.1. The highest BCUT2D eigenvalue weighted by molar-refractivity contribution is 7.47. The molecule has 97 heavy (non-hydrogen) atoms. The zero-order valence-electron chi connectivity index (χ0n) is 63.4. The van der Waals surface area contributed by atoms with Gasteiger partial charge in [0.1, 0.15) is 19.3 Å². The third kappa shape index (κ3) is 72.2. The van der Waals surface area contributed by atoms with E-state index in [-0.39, 0.29) is 25.7 Å². The van der Waals surface area contributed by atoms with Gasteiger partial charge in [0.2, 0.25) is 0 Å². The standard InChI is InChI=1S/C78H152O17P2/c1-7-9-11-13-15-17-19-21-23-25-27-28-29-31-33-35-37-39-41-50-56-62-77(82)94-73(66-88-75(80)60-54-48-40-38-36-34-32-30-26-24-22-20-18-16-14-12-10-8-2)68-92-96(84,85)90-64-72(79)65-91-97(86,87)93-69-74(95-78(83)63-57-51-45-43-47-53-59-71(5)6)67-89-76(81)61-55-49-44-42-46-52-58-70(3)4/h70-74,79H,7-69H2,1-6H3,(H,84,85)(H,86,87)/t72-,73-,74-/m1/s1. The van der Waals surface area contributed by atoms with E-state index >= 15 is 0 Å². The minimum absolute atomic E-state index is 0.101. The van der Waals surface area contributed by atoms with Gasteiger partial charge in [0.25, 0.3) is 0 Å². The van der Waals surface area contributed by atoms with E-state index in [9.17, 15) is 43.2 Å². The first-order valence-corrected chi connectivity index (χ1v) is 43.5. The van der Waals surface area contributed by atoms with Crippen LogP contribution < -0.4 is 0 Å². The zero-order chi connectivity index (χ0) is 71.4. The highest BCUT2D eigenvalue weighted by atomic mass is 31.2. The average molecular weight is 1420 g/mol. The Hall–Kier alpha value is -1.94. The summed E-state index contributed by atoms with van der Waals surface area (Å²) < 4.78 is 68.5. The number of hydrogen-bond donors (Lipinski definition) is 3. The van der Waals surface area contributed by atoms with Crippen molar-refractivity contribution in [2.45, 2.75) is 426 Å². The summed E-state index contributed by atoms with van der Waals surface area (Å²) in [4.78, 5) is 72.7. The molecular formula is C78H152O17P2. The summed E-state index contributed by atoms with van der Waals surface area (Å²) in [5.74, 6) is -0.773. The first kappa shape index (κ1) is 95.1. The van der Waals surface area contributed by atoms with Gasteiger partial charge in [0.05, 0.1) is 26.4 Å². The lowest BCUT2D eigenvalue weighted by Gasteiger charge is -2.21. The molecule has 0 rings (SSSR count). The molecule has 0 heterocycles. The number of esters is 4. The van der Waals surface area contributed by atoms with Gasteiger partial charge in [-0.25, -0.2) is 9.13 Å². The fourth-order valence-electron chi connectivity index (χ4n) is 12.0. The molecule has 0 aromatic rings. The van der Waals surface area contributed by atoms with Gasteiger partial charge >= 0.3 is 39.5 Å². The normalized spacial score (nSPS) is 14.0. The molecule has 2 unspecified atom stereocenters. The highest BCUT2D eigenvalue weighted by Gasteiger charge is 2.30. The van der Waals surface area contributed by atoms with Crippen molar-refractivity contribution in [2.75, 3.05) is 39.6 Å². The molecule has 0 radical (unpaired) electrons. The van der Waals surface area contributed by atoms with Crippen LogP contribution in [0.15, 0.2) is 0 Å². The molecule has 17 nitrogen and oxygen atoms in total. The van der Waals surface area contributed by atoms with E-state index in [4.69, 9.17) is 37.0 Å². The summed E-state index contributed by atoms with van der Waals surface area (Å²) in [5.41, 5.74) is 0. The third-order valence-electron chi connectivity index (χ3n) is 18.2. The monoisotopic (exact) mass is 1420 g/mol. The smallest absolute Gasteiger partial charge is 0.462 e. The van der Waals surface area contributed by atoms with Crippen LogP contribution in [-0.4, -0.2) is 96.7 Å². The molecule has 19 heteroatoms. The molecular weight excluding hydrogens is 1270 g/mol. The molecule has 0 fully saturated rings. The fraction of sp³-hybridized carbons (Fsp3) is 0.949. The Labute approximate surface area is 594 Å². The first-order valence-electron chi connectivity index (χ1n) is 40.5. The predicted molar refractivity (Wildman–Crippen MR) is 395 cm³/mol. The van der Waals surface area contributed by atoms with Gasteiger partial charge in [-0.15, -0.1) is 0 Å². The van der Waals surface area contributed by atoms with E-state index in [2.05, 4.69) is 41.5 Å². The number of carbonyl (C=O) groups excluding carboxylic acids is 4. The van der Waals surface area contributed by atoms with Gasteiger partial charge in [-0.3, -0.25) is 37.3 Å². The highest BCUT2D eigenvalue weighted by Crippen LogP contribution is 2.45. The molecule has 0 aromatic carbocycles. The number of ether oxygens (including phenoxy) is 4. The van der Waals surface area contributed by atoms with Crippen LogP contribution in [0.25, 0.3) is 0 Å². The second-order valence-corrected chi connectivity index (χ2v) is 32.0. The van der Waals surface area contributed by atoms with Crippen molar-refractivity contribution in [1.29, 1.82) is 0 Å². The van der Waals surface area contributed by atoms with Crippen molar-refractivity contribution in [3.63, 3.8) is 0 Å². The Morgan fingerprint density at radius 3 is 0.701 bits per heavy atom. The van der Waals surface area contributed by atoms with Crippen molar-refractivity contribution >= 4 is 39.5 Å². The Morgan fingerprint density at radius 2 is 0.474 bits per heavy atom. The molecule has 0 saturated heterocycles. The maximum atomic E-state index is 13.1. The zero-order valence-corrected chi connectivity index (χ0v) is 65.2. The molecule has 576 valence electrons. The van der Waals surface area contributed by atoms with E-state index in [1.54, 1.807) is 0 Å². The lowest BCUT2D eigenvalue weighted by Crippen LogP contribution is -2.30. The Bertz CT molecular complexity index is 1870. The summed E-state index contributed by atoms with van der Waals surface area (Å²) in [6, 6.07) is 0. The Morgan fingerprint density at radius 1 is 0.278 bits per heavy atom. The maximum absolute atomic E-state index is 13.1. The number of unbranched alkanes of at least 4 members (excludes halogenated alkanes) is 47. The van der Waals surface area contributed by atoms with Gasteiger partial charge in [0, 0.05) is 25.7 Å². The van der Waals surface area contributed by atoms with Crippen LogP contribution in [0.3, 0.4) is 0 Å². The SMILES string of the molecule is CCCCCCCCCCCCCCCCCCCCCCCC(=O)O[C@H](COC(=O)CCCCCCCCCCCCCCCCCCCC)COP(=O)(O)OC[C@@H](O)COP(=O)(O)OC[C@@H](COC(=O)CCCCCCCCC(C)C)OC(=O)CCCCCCCCC(C)C. The van der Waals surface area contributed by atoms with Crippen molar-refractivity contribution < 1.29 is 80.2 Å². The van der Waals surface area contributed by atoms with Crippen LogP contribution in [-0.2, 0) is 65.4 Å². The Kier molecular flexibility index (Phi) is 68.4. The molecule has 0 aliphatic rings. The second kappa shape index (κ2) is 69.8. The minimum atomic E-state index is -4.96. The molecule has 0 saturated carbocycles. The summed E-state index contributed by atoms with van der Waals surface area (Å²) in [6.45, 7) is 9.42. The summed E-state index contributed by atoms with van der Waals surface area (Å²) in [6.07, 6.45) is 58.9. The minimum Gasteiger partial charge on any atom is -0.462 e. The third-order valence-corrected chi connectivity index (χ3v) is 20.1. The quantitative estimate of drug-likeness (QED) is 0.0222. The number of hydrogen-bond acceptors (Lipinski definition) is 15. The van der Waals surface area contributed by atoms with Crippen LogP contribution in [0.1, 0.15) is 408 Å². The van der Waals surface area contributed by atoms with Crippen LogP contribution in [0.2, 0.25) is 0 Å². The number of aliphatic hydroxyl groups excluding tert-OH is 1. The first-order chi connectivity index (χ1) is 46.9. The lowest BCUT2D eigenvalue weighted by atomic mass is 10.0. The van der Waals surface area contributed by atoms with E-state index in [1.807, 2.05) is 0 Å². The van der Waals surface area contributed by atoms with E-state index in [0.29, 0.717) is 37.5 Å². The molecule has 0 aromatic heterocycles. The van der Waals surface area contributed by atoms with E-state index in [0.717, 1.165) is 96.3 Å². The molecule has 0 aliphatic heterocycles. The Balaban J connectivity index is 5.17. The van der Waals surface area contributed by atoms with E-state index < -0.39 is 97.5 Å². The van der Waals surface area contributed by atoms with Crippen LogP contribution in [0.4, 0.5) is 0 Å². The number of phosphoric acid groups is 2. The number of rotatable bonds is 77. The van der Waals surface area contributed by atoms with E-state index in [1.165, 1.54) is 218 Å². The lowest BCUT2D eigenvalue weighted by molar-refractivity contribution is -0.161. The summed E-state index contributed by atoms with van der Waals surface area (Å²) in [7, 11) is -9.91. The largest absolute Gasteiger partial charge is 0.472 e. The average Bonchev–Trinajstić information content (AvgIpc) is 1.38. The van der Waals surface area contributed by atoms with Gasteiger partial charge < -0.3 is 33.8 Å². The molecule has 5 atom stereocenters. The summed E-state index contributed by atoms with van der Waals surface area (Å²) >= 11 is 0. The van der Waals surface area contributed by atoms with Crippen molar-refractivity contribution in [1.82, 2.24) is 0 Å². The fourth-order valence-corrected chi connectivity index (χ4v) is 13.6. The van der Waals surface area contributed by atoms with Crippen molar-refractivity contribution in [2.24, 2.45) is 11.8 Å². The van der Waals surface area contributed by atoms with Crippen LogP contribution in [0.5, 0.6) is 0 Å². The van der Waals surface area contributed by atoms with Crippen molar-refractivity contribution in [3.8, 4) is 0 Å². The molecule has 3 N–H and O–H groups in total. The predicted octanol–water partition coefficient (Wildman–Crippen LogP) is 23.1. The summed E-state index contributed by atoms with van der Waals surface area (Å²) in [5, 5.41) is 10.6. The van der Waals surface area contributed by atoms with Gasteiger partial charge in [-0.1, -0.05) is 356 Å². The van der Waals surface area contributed by atoms with Crippen molar-refractivity contribution in [3.05, 3.63) is 0 Å². The molecule has 0 aliphatic carbocycles. The van der Waals surface area contributed by atoms with Gasteiger partial charge in [-0.2, -0.15) is 0 Å². The number of carbonyl (C=O) groups is 4. The van der Waals surface area contributed by atoms with Gasteiger partial charge in [-0.05, 0) is 37.5 Å². The van der Waals surface area contributed by atoms with Gasteiger partial charge in [0.15, 0.2) is 12.2 Å². The molecule has 0 spiro atoms.